The van der Waals surface area contributed by atoms with Gasteiger partial charge >= 0.3 is 0 Å². The number of halogens is 5. The Labute approximate surface area is 240 Å². The number of hydrogen-bond acceptors (Lipinski definition) is 4. The van der Waals surface area contributed by atoms with Crippen LogP contribution in [0.1, 0.15) is 36.7 Å². The molecule has 186 valence electrons. The van der Waals surface area contributed by atoms with Gasteiger partial charge in [-0.05, 0) is 64.8 Å². The van der Waals surface area contributed by atoms with E-state index in [4.69, 9.17) is 44.5 Å². The third kappa shape index (κ3) is 6.32. The molecule has 0 saturated heterocycles. The summed E-state index contributed by atoms with van der Waals surface area (Å²) in [6.45, 7) is 2.29. The zero-order chi connectivity index (χ0) is 25.8. The van der Waals surface area contributed by atoms with E-state index in [9.17, 15) is 4.79 Å². The van der Waals surface area contributed by atoms with Crippen LogP contribution in [0.2, 0.25) is 15.1 Å². The highest BCUT2D eigenvalue weighted by Crippen LogP contribution is 2.33. The van der Waals surface area contributed by atoms with Gasteiger partial charge in [0.05, 0.1) is 21.6 Å². The third-order valence-corrected chi connectivity index (χ3v) is 7.25. The maximum atomic E-state index is 13.4. The molecule has 0 aliphatic carbocycles. The van der Waals surface area contributed by atoms with Crippen molar-refractivity contribution >= 4 is 83.8 Å². The van der Waals surface area contributed by atoms with Gasteiger partial charge in [0.1, 0.15) is 18.2 Å². The molecule has 0 fully saturated rings. The highest BCUT2D eigenvalue weighted by atomic mass is 79.9. The Balaban J connectivity index is 1.75. The summed E-state index contributed by atoms with van der Waals surface area (Å²) in [5.41, 5.74) is 1.74. The van der Waals surface area contributed by atoms with Crippen molar-refractivity contribution in [2.45, 2.75) is 32.8 Å². The van der Waals surface area contributed by atoms with Crippen LogP contribution in [-0.4, -0.2) is 15.9 Å². The van der Waals surface area contributed by atoms with Gasteiger partial charge in [-0.25, -0.2) is 4.98 Å². The Bertz CT molecular complexity index is 1520. The van der Waals surface area contributed by atoms with Gasteiger partial charge in [-0.1, -0.05) is 70.1 Å². The summed E-state index contributed by atoms with van der Waals surface area (Å²) in [6, 6.07) is 14.1. The standard InChI is InChI=1S/C26H20Br2Cl3N3O2/c1-2-3-4-24-33-23-8-6-17(27)10-20(23)26(35)34(24)32-13-16-9-19(30)11-21(28)25(16)36-14-15-5-7-18(29)12-22(15)31/h5-13H,2-4,14H2,1H3. The van der Waals surface area contributed by atoms with Crippen molar-refractivity contribution in [3.05, 3.63) is 99.8 Å². The van der Waals surface area contributed by atoms with Crippen LogP contribution in [-0.2, 0) is 13.0 Å². The molecular weight excluding hydrogens is 652 g/mol. The molecule has 0 spiro atoms. The molecule has 0 bridgehead atoms. The Morgan fingerprint density at radius 1 is 1.06 bits per heavy atom. The molecule has 3 aromatic carbocycles. The summed E-state index contributed by atoms with van der Waals surface area (Å²) in [5.74, 6) is 1.10. The molecular formula is C26H20Br2Cl3N3O2. The molecule has 5 nitrogen and oxygen atoms in total. The van der Waals surface area contributed by atoms with Crippen LogP contribution in [0.4, 0.5) is 0 Å². The fourth-order valence-electron chi connectivity index (χ4n) is 3.55. The molecule has 1 aromatic heterocycles. The second kappa shape index (κ2) is 12.1. The molecule has 0 radical (unpaired) electrons. The largest absolute Gasteiger partial charge is 0.487 e. The summed E-state index contributed by atoms with van der Waals surface area (Å²) in [4.78, 5) is 18.1. The number of benzene rings is 3. The molecule has 10 heteroatoms. The van der Waals surface area contributed by atoms with Gasteiger partial charge in [-0.3, -0.25) is 4.79 Å². The molecule has 0 amide bonds. The van der Waals surface area contributed by atoms with E-state index in [-0.39, 0.29) is 12.2 Å². The lowest BCUT2D eigenvalue weighted by Crippen LogP contribution is -2.22. The lowest BCUT2D eigenvalue weighted by molar-refractivity contribution is 0.304. The molecule has 36 heavy (non-hydrogen) atoms. The van der Waals surface area contributed by atoms with Crippen molar-refractivity contribution in [3.63, 3.8) is 0 Å². The van der Waals surface area contributed by atoms with E-state index >= 15 is 0 Å². The summed E-state index contributed by atoms with van der Waals surface area (Å²) < 4.78 is 8.87. The van der Waals surface area contributed by atoms with Gasteiger partial charge in [0.15, 0.2) is 0 Å². The monoisotopic (exact) mass is 669 g/mol. The highest BCUT2D eigenvalue weighted by Gasteiger charge is 2.14. The van der Waals surface area contributed by atoms with Gasteiger partial charge in [0.2, 0.25) is 0 Å². The minimum absolute atomic E-state index is 0.199. The summed E-state index contributed by atoms with van der Waals surface area (Å²) in [6.07, 6.45) is 4.01. The molecule has 0 aliphatic heterocycles. The Kier molecular flexibility index (Phi) is 9.12. The fourth-order valence-corrected chi connectivity index (χ4v) is 5.32. The minimum Gasteiger partial charge on any atom is -0.487 e. The first kappa shape index (κ1) is 27.1. The van der Waals surface area contributed by atoms with Crippen molar-refractivity contribution in [2.24, 2.45) is 5.10 Å². The van der Waals surface area contributed by atoms with Crippen LogP contribution < -0.4 is 10.3 Å². The third-order valence-electron chi connectivity index (χ3n) is 5.37. The number of fused-ring (bicyclic) bond motifs is 1. The van der Waals surface area contributed by atoms with Crippen LogP contribution in [0.5, 0.6) is 5.75 Å². The molecule has 4 rings (SSSR count). The SMILES string of the molecule is CCCCc1nc2ccc(Br)cc2c(=O)n1N=Cc1cc(Cl)cc(Br)c1OCc1ccc(Cl)cc1Cl. The van der Waals surface area contributed by atoms with Crippen molar-refractivity contribution in [1.82, 2.24) is 9.66 Å². The number of unbranched alkanes of at least 4 members (excludes halogenated alkanes) is 1. The van der Waals surface area contributed by atoms with E-state index in [2.05, 4.69) is 43.9 Å². The van der Waals surface area contributed by atoms with Gasteiger partial charge in [-0.2, -0.15) is 9.78 Å². The zero-order valence-corrected chi connectivity index (χ0v) is 24.5. The van der Waals surface area contributed by atoms with E-state index in [1.807, 2.05) is 12.1 Å². The maximum absolute atomic E-state index is 13.4. The van der Waals surface area contributed by atoms with E-state index in [1.54, 1.807) is 42.6 Å². The number of ether oxygens (including phenoxy) is 1. The van der Waals surface area contributed by atoms with Crippen LogP contribution in [0.15, 0.2) is 67.4 Å². The van der Waals surface area contributed by atoms with E-state index in [0.717, 1.165) is 22.9 Å². The first-order valence-corrected chi connectivity index (χ1v) is 13.8. The molecule has 0 N–H and O–H groups in total. The van der Waals surface area contributed by atoms with Crippen molar-refractivity contribution in [1.29, 1.82) is 0 Å². The first-order valence-electron chi connectivity index (χ1n) is 11.1. The van der Waals surface area contributed by atoms with Crippen molar-refractivity contribution in [3.8, 4) is 5.75 Å². The quantitative estimate of drug-likeness (QED) is 0.176. The normalized spacial score (nSPS) is 11.5. The molecule has 0 unspecified atom stereocenters. The Hall–Kier alpha value is -1.90. The number of nitrogens with zero attached hydrogens (tertiary/aromatic N) is 3. The van der Waals surface area contributed by atoms with E-state index < -0.39 is 0 Å². The smallest absolute Gasteiger partial charge is 0.282 e. The Morgan fingerprint density at radius 3 is 2.61 bits per heavy atom. The average Bonchev–Trinajstić information content (AvgIpc) is 2.83. The Morgan fingerprint density at radius 2 is 1.86 bits per heavy atom. The average molecular weight is 673 g/mol. The zero-order valence-electron chi connectivity index (χ0n) is 19.1. The predicted molar refractivity (Wildman–Crippen MR) is 155 cm³/mol. The topological polar surface area (TPSA) is 56.5 Å². The van der Waals surface area contributed by atoms with Crippen LogP contribution >= 0.6 is 66.7 Å². The van der Waals surface area contributed by atoms with Crippen molar-refractivity contribution in [2.75, 3.05) is 0 Å². The number of hydrogen-bond donors (Lipinski definition) is 0. The second-order valence-corrected chi connectivity index (χ2v) is 11.0. The lowest BCUT2D eigenvalue weighted by Gasteiger charge is -2.13. The summed E-state index contributed by atoms with van der Waals surface area (Å²) in [5, 5.41) is 6.54. The van der Waals surface area contributed by atoms with Gasteiger partial charge in [0.25, 0.3) is 5.56 Å². The number of aromatic nitrogens is 2. The molecule has 1 heterocycles. The number of rotatable bonds is 8. The molecule has 0 atom stereocenters. The molecule has 0 saturated carbocycles. The molecule has 0 aliphatic rings. The minimum atomic E-state index is -0.250. The number of aryl methyl sites for hydroxylation is 1. The molecule has 4 aromatic rings. The predicted octanol–water partition coefficient (Wildman–Crippen LogP) is 8.69. The van der Waals surface area contributed by atoms with E-state index in [0.29, 0.717) is 54.0 Å². The van der Waals surface area contributed by atoms with Crippen LogP contribution in [0.25, 0.3) is 10.9 Å². The highest BCUT2D eigenvalue weighted by molar-refractivity contribution is 9.10. The van der Waals surface area contributed by atoms with Crippen LogP contribution in [0.3, 0.4) is 0 Å². The fraction of sp³-hybridized carbons (Fsp3) is 0.192. The van der Waals surface area contributed by atoms with Gasteiger partial charge < -0.3 is 4.74 Å². The van der Waals surface area contributed by atoms with Crippen molar-refractivity contribution < 1.29 is 4.74 Å². The lowest BCUT2D eigenvalue weighted by atomic mass is 10.2. The first-order chi connectivity index (χ1) is 17.3. The summed E-state index contributed by atoms with van der Waals surface area (Å²) >= 11 is 25.6. The van der Waals surface area contributed by atoms with Gasteiger partial charge in [0, 0.05) is 37.1 Å². The summed E-state index contributed by atoms with van der Waals surface area (Å²) in [7, 11) is 0. The second-order valence-electron chi connectivity index (χ2n) is 7.98. The maximum Gasteiger partial charge on any atom is 0.282 e. The van der Waals surface area contributed by atoms with Crippen LogP contribution in [0, 0.1) is 0 Å². The van der Waals surface area contributed by atoms with Gasteiger partial charge in [-0.15, -0.1) is 0 Å². The van der Waals surface area contributed by atoms with E-state index in [1.165, 1.54) is 4.68 Å².